The number of aromatic nitrogens is 2. The number of morpholine rings is 1. The fourth-order valence-electron chi connectivity index (χ4n) is 4.12. The van der Waals surface area contributed by atoms with E-state index in [2.05, 4.69) is 10.4 Å². The van der Waals surface area contributed by atoms with Gasteiger partial charge in [-0.1, -0.05) is 12.1 Å². The molecule has 5 rings (SSSR count). The van der Waals surface area contributed by atoms with E-state index in [9.17, 15) is 9.59 Å². The molecule has 8 nitrogen and oxygen atoms in total. The Hall–Kier alpha value is -3.39. The SMILES string of the molecule is Cn1ncc2cc(Nc3cccc4c3C(=O)N(CC(=O)N3CCOCC3)C4)ccc21. The van der Waals surface area contributed by atoms with Crippen molar-refractivity contribution in [3.8, 4) is 0 Å². The van der Waals surface area contributed by atoms with E-state index in [-0.39, 0.29) is 18.4 Å². The minimum absolute atomic E-state index is 0.0315. The maximum Gasteiger partial charge on any atom is 0.257 e. The zero-order valence-electron chi connectivity index (χ0n) is 16.8. The molecule has 2 aliphatic rings. The van der Waals surface area contributed by atoms with Gasteiger partial charge in [-0.3, -0.25) is 14.3 Å². The number of fused-ring (bicyclic) bond motifs is 2. The summed E-state index contributed by atoms with van der Waals surface area (Å²) >= 11 is 0. The number of nitrogens with one attached hydrogen (secondary N) is 1. The predicted molar refractivity (Wildman–Crippen MR) is 113 cm³/mol. The summed E-state index contributed by atoms with van der Waals surface area (Å²) in [6.07, 6.45) is 1.82. The Balaban J connectivity index is 1.36. The minimum Gasteiger partial charge on any atom is -0.378 e. The Kier molecular flexibility index (Phi) is 4.63. The first-order valence-corrected chi connectivity index (χ1v) is 10.1. The molecule has 3 aromatic rings. The van der Waals surface area contributed by atoms with Crippen LogP contribution in [0.3, 0.4) is 0 Å². The average molecular weight is 405 g/mol. The van der Waals surface area contributed by atoms with Gasteiger partial charge in [-0.25, -0.2) is 0 Å². The molecular weight excluding hydrogens is 382 g/mol. The lowest BCUT2D eigenvalue weighted by molar-refractivity contribution is -0.136. The maximum absolute atomic E-state index is 13.1. The molecule has 0 atom stereocenters. The number of hydrogen-bond donors (Lipinski definition) is 1. The molecule has 2 aromatic carbocycles. The van der Waals surface area contributed by atoms with Crippen molar-refractivity contribution in [2.45, 2.75) is 6.54 Å². The summed E-state index contributed by atoms with van der Waals surface area (Å²) in [7, 11) is 1.91. The lowest BCUT2D eigenvalue weighted by atomic mass is 10.1. The Labute approximate surface area is 174 Å². The molecule has 3 heterocycles. The minimum atomic E-state index is -0.114. The fourth-order valence-corrected chi connectivity index (χ4v) is 4.12. The van der Waals surface area contributed by atoms with Crippen molar-refractivity contribution < 1.29 is 14.3 Å². The molecule has 0 bridgehead atoms. The summed E-state index contributed by atoms with van der Waals surface area (Å²) in [5.74, 6) is -0.145. The standard InChI is InChI=1S/C22H23N5O3/c1-25-19-6-5-17(11-16(19)12-23-25)24-18-4-2-3-15-13-27(22(29)21(15)18)14-20(28)26-7-9-30-10-8-26/h2-6,11-12,24H,7-10,13-14H2,1H3. The van der Waals surface area contributed by atoms with Crippen LogP contribution in [0.25, 0.3) is 10.9 Å². The van der Waals surface area contributed by atoms with Crippen molar-refractivity contribution in [3.63, 3.8) is 0 Å². The van der Waals surface area contributed by atoms with Gasteiger partial charge >= 0.3 is 0 Å². The summed E-state index contributed by atoms with van der Waals surface area (Å²) in [6, 6.07) is 11.8. The van der Waals surface area contributed by atoms with E-state index in [1.165, 1.54) is 0 Å². The van der Waals surface area contributed by atoms with Crippen LogP contribution in [0.15, 0.2) is 42.6 Å². The first-order chi connectivity index (χ1) is 14.6. The maximum atomic E-state index is 13.1. The monoisotopic (exact) mass is 405 g/mol. The van der Waals surface area contributed by atoms with E-state index < -0.39 is 0 Å². The zero-order valence-corrected chi connectivity index (χ0v) is 16.8. The highest BCUT2D eigenvalue weighted by Gasteiger charge is 2.32. The molecule has 0 unspecified atom stereocenters. The average Bonchev–Trinajstić information content (AvgIpc) is 3.29. The summed E-state index contributed by atoms with van der Waals surface area (Å²) in [5.41, 5.74) is 4.25. The number of carbonyl (C=O) groups excluding carboxylic acids is 2. The van der Waals surface area contributed by atoms with Gasteiger partial charge in [-0.05, 0) is 29.8 Å². The summed E-state index contributed by atoms with van der Waals surface area (Å²) < 4.78 is 7.13. The molecule has 2 aliphatic heterocycles. The number of benzene rings is 2. The lowest BCUT2D eigenvalue weighted by Gasteiger charge is -2.28. The number of anilines is 2. The second kappa shape index (κ2) is 7.46. The third-order valence-corrected chi connectivity index (χ3v) is 5.73. The van der Waals surface area contributed by atoms with Crippen LogP contribution >= 0.6 is 0 Å². The van der Waals surface area contributed by atoms with Crippen molar-refractivity contribution in [2.24, 2.45) is 7.05 Å². The van der Waals surface area contributed by atoms with Gasteiger partial charge in [-0.15, -0.1) is 0 Å². The van der Waals surface area contributed by atoms with Crippen LogP contribution in [-0.2, 0) is 23.1 Å². The predicted octanol–water partition coefficient (Wildman–Crippen LogP) is 2.13. The molecule has 1 saturated heterocycles. The number of hydrogen-bond acceptors (Lipinski definition) is 5. The smallest absolute Gasteiger partial charge is 0.257 e. The third-order valence-electron chi connectivity index (χ3n) is 5.73. The first kappa shape index (κ1) is 18.6. The van der Waals surface area contributed by atoms with E-state index >= 15 is 0 Å². The van der Waals surface area contributed by atoms with E-state index in [0.717, 1.165) is 27.8 Å². The van der Waals surface area contributed by atoms with Crippen LogP contribution in [0.1, 0.15) is 15.9 Å². The van der Waals surface area contributed by atoms with Gasteiger partial charge in [0.15, 0.2) is 0 Å². The van der Waals surface area contributed by atoms with E-state index in [1.807, 2.05) is 54.3 Å². The van der Waals surface area contributed by atoms with E-state index in [0.29, 0.717) is 38.4 Å². The molecule has 0 spiro atoms. The lowest BCUT2D eigenvalue weighted by Crippen LogP contribution is -2.45. The van der Waals surface area contributed by atoms with Crippen LogP contribution in [0.5, 0.6) is 0 Å². The summed E-state index contributed by atoms with van der Waals surface area (Å²) in [6.45, 7) is 2.80. The molecule has 0 saturated carbocycles. The summed E-state index contributed by atoms with van der Waals surface area (Å²) in [4.78, 5) is 29.1. The highest BCUT2D eigenvalue weighted by Crippen LogP contribution is 2.32. The molecule has 30 heavy (non-hydrogen) atoms. The molecular formula is C22H23N5O3. The van der Waals surface area contributed by atoms with Gasteiger partial charge in [0, 0.05) is 37.8 Å². The third kappa shape index (κ3) is 3.29. The second-order valence-corrected chi connectivity index (χ2v) is 7.66. The molecule has 154 valence electrons. The Bertz CT molecular complexity index is 1130. The van der Waals surface area contributed by atoms with Gasteiger partial charge in [-0.2, -0.15) is 5.10 Å². The molecule has 8 heteroatoms. The Morgan fingerprint density at radius 1 is 1.20 bits per heavy atom. The van der Waals surface area contributed by atoms with Crippen LogP contribution in [0, 0.1) is 0 Å². The van der Waals surface area contributed by atoms with Crippen molar-refractivity contribution in [1.29, 1.82) is 0 Å². The van der Waals surface area contributed by atoms with Crippen LogP contribution in [0.2, 0.25) is 0 Å². The van der Waals surface area contributed by atoms with Crippen LogP contribution < -0.4 is 5.32 Å². The molecule has 1 aromatic heterocycles. The van der Waals surface area contributed by atoms with Gasteiger partial charge in [0.05, 0.1) is 36.2 Å². The number of aryl methyl sites for hydroxylation is 1. The molecule has 0 aliphatic carbocycles. The first-order valence-electron chi connectivity index (χ1n) is 10.1. The van der Waals surface area contributed by atoms with Gasteiger partial charge in [0.2, 0.25) is 5.91 Å². The molecule has 2 amide bonds. The highest BCUT2D eigenvalue weighted by atomic mass is 16.5. The van der Waals surface area contributed by atoms with Crippen molar-refractivity contribution in [2.75, 3.05) is 38.2 Å². The molecule has 0 radical (unpaired) electrons. The second-order valence-electron chi connectivity index (χ2n) is 7.66. The van der Waals surface area contributed by atoms with Crippen molar-refractivity contribution in [3.05, 3.63) is 53.7 Å². The fraction of sp³-hybridized carbons (Fsp3) is 0.318. The number of ether oxygens (including phenoxy) is 1. The summed E-state index contributed by atoms with van der Waals surface area (Å²) in [5, 5.41) is 8.68. The number of carbonyl (C=O) groups is 2. The molecule has 1 fully saturated rings. The van der Waals surface area contributed by atoms with Crippen LogP contribution in [0.4, 0.5) is 11.4 Å². The number of rotatable bonds is 4. The van der Waals surface area contributed by atoms with Crippen molar-refractivity contribution >= 4 is 34.1 Å². The van der Waals surface area contributed by atoms with E-state index in [1.54, 1.807) is 9.80 Å². The quantitative estimate of drug-likeness (QED) is 0.719. The largest absolute Gasteiger partial charge is 0.378 e. The van der Waals surface area contributed by atoms with E-state index in [4.69, 9.17) is 4.74 Å². The highest BCUT2D eigenvalue weighted by molar-refractivity contribution is 6.05. The van der Waals surface area contributed by atoms with Gasteiger partial charge < -0.3 is 19.9 Å². The Morgan fingerprint density at radius 2 is 2.03 bits per heavy atom. The van der Waals surface area contributed by atoms with Crippen LogP contribution in [-0.4, -0.2) is 64.2 Å². The number of amides is 2. The van der Waals surface area contributed by atoms with Gasteiger partial charge in [0.25, 0.3) is 5.91 Å². The Morgan fingerprint density at radius 3 is 2.87 bits per heavy atom. The zero-order chi connectivity index (χ0) is 20.7. The molecule has 1 N–H and O–H groups in total. The normalized spacial score (nSPS) is 16.2. The number of nitrogens with zero attached hydrogens (tertiary/aromatic N) is 4. The van der Waals surface area contributed by atoms with Crippen molar-refractivity contribution in [1.82, 2.24) is 19.6 Å². The topological polar surface area (TPSA) is 79.7 Å². The van der Waals surface area contributed by atoms with Gasteiger partial charge in [0.1, 0.15) is 6.54 Å².